The molecule has 10 aromatic carbocycles. The van der Waals surface area contributed by atoms with E-state index in [2.05, 4.69) is 205 Å². The third-order valence-corrected chi connectivity index (χ3v) is 12.1. The molecule has 2 heterocycles. The highest BCUT2D eigenvalue weighted by Crippen LogP contribution is 2.38. The molecule has 284 valence electrons. The molecule has 0 saturated heterocycles. The molecular formula is C57H36N4. The predicted octanol–water partition coefficient (Wildman–Crippen LogP) is 14.8. The Bertz CT molecular complexity index is 3650. The van der Waals surface area contributed by atoms with E-state index >= 15 is 0 Å². The average Bonchev–Trinajstić information content (AvgIpc) is 3.78. The van der Waals surface area contributed by atoms with Crippen molar-refractivity contribution < 1.29 is 0 Å². The van der Waals surface area contributed by atoms with Crippen LogP contribution in [0.2, 0.25) is 0 Å². The zero-order valence-electron chi connectivity index (χ0n) is 33.1. The van der Waals surface area contributed by atoms with Gasteiger partial charge in [-0.2, -0.15) is 4.80 Å². The van der Waals surface area contributed by atoms with E-state index in [1.54, 1.807) is 11.0 Å². The molecule has 0 atom stereocenters. The molecule has 4 nitrogen and oxygen atoms in total. The maximum atomic E-state index is 5.19. The van der Waals surface area contributed by atoms with E-state index in [0.29, 0.717) is 0 Å². The van der Waals surface area contributed by atoms with Gasteiger partial charge in [0.25, 0.3) is 0 Å². The first-order chi connectivity index (χ1) is 30.2. The van der Waals surface area contributed by atoms with Crippen LogP contribution in [-0.4, -0.2) is 20.0 Å². The standard InChI is InChI=1S/C57H36N4/c1-3-16-51-37(9-1)11-6-18-53(51)45-25-22-40-29-44(21-20-41(40)30-45)49-34-55(57-56(35-49)59-61(60-57)50-15-5-13-39(33-50)48-14-8-28-58-36-48)47-27-24-42-31-46(26-23-43(42)32-47)54-19-7-12-38-10-2-4-17-52(38)54/h1-36H. The minimum absolute atomic E-state index is 0.831. The number of nitrogens with zero attached hydrogens (tertiary/aromatic N) is 4. The maximum absolute atomic E-state index is 5.19. The Hall–Kier alpha value is -8.21. The third-order valence-electron chi connectivity index (χ3n) is 12.1. The lowest BCUT2D eigenvalue weighted by Gasteiger charge is -2.12. The summed E-state index contributed by atoms with van der Waals surface area (Å²) in [5.74, 6) is 0. The number of pyridine rings is 1. The molecule has 0 radical (unpaired) electrons. The Morgan fingerprint density at radius 3 is 1.46 bits per heavy atom. The van der Waals surface area contributed by atoms with Gasteiger partial charge in [0.15, 0.2) is 0 Å². The van der Waals surface area contributed by atoms with Crippen LogP contribution in [0.3, 0.4) is 0 Å². The highest BCUT2D eigenvalue weighted by Gasteiger charge is 2.16. The van der Waals surface area contributed by atoms with Gasteiger partial charge in [0, 0.05) is 23.5 Å². The van der Waals surface area contributed by atoms with E-state index in [1.165, 1.54) is 65.3 Å². The summed E-state index contributed by atoms with van der Waals surface area (Å²) >= 11 is 0. The van der Waals surface area contributed by atoms with Crippen LogP contribution in [0.4, 0.5) is 0 Å². The van der Waals surface area contributed by atoms with Crippen LogP contribution in [0.5, 0.6) is 0 Å². The molecule has 0 spiro atoms. The highest BCUT2D eigenvalue weighted by atomic mass is 15.5. The van der Waals surface area contributed by atoms with Gasteiger partial charge < -0.3 is 0 Å². The molecule has 12 rings (SSSR count). The van der Waals surface area contributed by atoms with Crippen LogP contribution < -0.4 is 0 Å². The van der Waals surface area contributed by atoms with E-state index in [1.807, 2.05) is 12.3 Å². The van der Waals surface area contributed by atoms with Gasteiger partial charge in [-0.05, 0) is 142 Å². The van der Waals surface area contributed by atoms with Gasteiger partial charge >= 0.3 is 0 Å². The van der Waals surface area contributed by atoms with Gasteiger partial charge in [0.05, 0.1) is 5.69 Å². The Morgan fingerprint density at radius 1 is 0.311 bits per heavy atom. The Kier molecular flexibility index (Phi) is 8.13. The van der Waals surface area contributed by atoms with Gasteiger partial charge in [-0.15, -0.1) is 10.2 Å². The molecule has 0 aliphatic heterocycles. The van der Waals surface area contributed by atoms with Gasteiger partial charge in [0.2, 0.25) is 0 Å². The van der Waals surface area contributed by atoms with Crippen LogP contribution in [0.25, 0.3) is 115 Å². The Balaban J connectivity index is 0.981. The molecule has 61 heavy (non-hydrogen) atoms. The smallest absolute Gasteiger partial charge is 0.121 e. The molecule has 12 aromatic rings. The molecule has 0 unspecified atom stereocenters. The first kappa shape index (κ1) is 34.8. The number of benzene rings is 10. The molecule has 0 fully saturated rings. The fourth-order valence-electron chi connectivity index (χ4n) is 8.99. The number of aromatic nitrogens is 4. The SMILES string of the molecule is c1cncc(-c2cccc(-n3nc4cc(-c5ccc6cc(-c7cccc8ccccc78)ccc6c5)cc(-c5ccc6cc(-c7cccc8ccccc78)ccc6c5)c4n3)c2)c1. The van der Waals surface area contributed by atoms with Crippen LogP contribution in [0.1, 0.15) is 0 Å². The third kappa shape index (κ3) is 6.21. The molecule has 0 N–H and O–H groups in total. The van der Waals surface area contributed by atoms with Crippen LogP contribution in [0, 0.1) is 0 Å². The van der Waals surface area contributed by atoms with E-state index in [9.17, 15) is 0 Å². The molecule has 0 amide bonds. The minimum Gasteiger partial charge on any atom is -0.264 e. The van der Waals surface area contributed by atoms with Crippen molar-refractivity contribution in [3.63, 3.8) is 0 Å². The lowest BCUT2D eigenvalue weighted by atomic mass is 9.92. The van der Waals surface area contributed by atoms with E-state index < -0.39 is 0 Å². The number of fused-ring (bicyclic) bond motifs is 5. The van der Waals surface area contributed by atoms with Crippen molar-refractivity contribution in [2.45, 2.75) is 0 Å². The number of hydrogen-bond acceptors (Lipinski definition) is 3. The van der Waals surface area contributed by atoms with Crippen molar-refractivity contribution in [1.82, 2.24) is 20.0 Å². The van der Waals surface area contributed by atoms with Crippen molar-refractivity contribution in [2.75, 3.05) is 0 Å². The molecule has 0 aliphatic rings. The van der Waals surface area contributed by atoms with E-state index in [4.69, 9.17) is 10.2 Å². The molecule has 4 heteroatoms. The first-order valence-electron chi connectivity index (χ1n) is 20.7. The zero-order valence-corrected chi connectivity index (χ0v) is 33.1. The first-order valence-corrected chi connectivity index (χ1v) is 20.7. The summed E-state index contributed by atoms with van der Waals surface area (Å²) in [4.78, 5) is 6.11. The summed E-state index contributed by atoms with van der Waals surface area (Å²) in [6.07, 6.45) is 3.68. The van der Waals surface area contributed by atoms with Crippen molar-refractivity contribution in [3.05, 3.63) is 219 Å². The van der Waals surface area contributed by atoms with Crippen LogP contribution in [0.15, 0.2) is 219 Å². The summed E-state index contributed by atoms with van der Waals surface area (Å²) in [6, 6.07) is 74.2. The molecule has 0 saturated carbocycles. The summed E-state index contributed by atoms with van der Waals surface area (Å²) in [6.45, 7) is 0. The predicted molar refractivity (Wildman–Crippen MR) is 254 cm³/mol. The normalized spacial score (nSPS) is 11.6. The fraction of sp³-hybridized carbons (Fsp3) is 0. The van der Waals surface area contributed by atoms with Crippen molar-refractivity contribution >= 4 is 54.1 Å². The maximum Gasteiger partial charge on any atom is 0.121 e. The molecule has 0 aliphatic carbocycles. The quantitative estimate of drug-likeness (QED) is 0.169. The number of hydrogen-bond donors (Lipinski definition) is 0. The van der Waals surface area contributed by atoms with E-state index in [0.717, 1.165) is 50.1 Å². The summed E-state index contributed by atoms with van der Waals surface area (Å²) in [7, 11) is 0. The van der Waals surface area contributed by atoms with Gasteiger partial charge in [-0.3, -0.25) is 4.98 Å². The molecule has 2 aromatic heterocycles. The van der Waals surface area contributed by atoms with Crippen molar-refractivity contribution in [2.24, 2.45) is 0 Å². The van der Waals surface area contributed by atoms with Gasteiger partial charge in [0.1, 0.15) is 11.0 Å². The lowest BCUT2D eigenvalue weighted by molar-refractivity contribution is 0.766. The van der Waals surface area contributed by atoms with Crippen molar-refractivity contribution in [1.29, 1.82) is 0 Å². The van der Waals surface area contributed by atoms with Gasteiger partial charge in [-0.25, -0.2) is 0 Å². The summed E-state index contributed by atoms with van der Waals surface area (Å²) in [5.41, 5.74) is 13.9. The van der Waals surface area contributed by atoms with Gasteiger partial charge in [-0.1, -0.05) is 152 Å². The Labute approximate surface area is 352 Å². The largest absolute Gasteiger partial charge is 0.264 e. The average molecular weight is 777 g/mol. The summed E-state index contributed by atoms with van der Waals surface area (Å²) < 4.78 is 0. The topological polar surface area (TPSA) is 43.6 Å². The molecule has 0 bridgehead atoms. The minimum atomic E-state index is 0.831. The second kappa shape index (κ2) is 14.3. The Morgan fingerprint density at radius 2 is 0.836 bits per heavy atom. The summed E-state index contributed by atoms with van der Waals surface area (Å²) in [5, 5.41) is 20.1. The van der Waals surface area contributed by atoms with Crippen LogP contribution in [-0.2, 0) is 0 Å². The van der Waals surface area contributed by atoms with Crippen molar-refractivity contribution in [3.8, 4) is 61.3 Å². The second-order valence-electron chi connectivity index (χ2n) is 15.8. The zero-order chi connectivity index (χ0) is 40.3. The number of rotatable bonds is 6. The van der Waals surface area contributed by atoms with Crippen LogP contribution >= 0.6 is 0 Å². The van der Waals surface area contributed by atoms with E-state index in [-0.39, 0.29) is 0 Å². The highest BCUT2D eigenvalue weighted by molar-refractivity contribution is 6.03. The molecular weight excluding hydrogens is 741 g/mol. The monoisotopic (exact) mass is 776 g/mol. The lowest BCUT2D eigenvalue weighted by Crippen LogP contribution is -1.98. The fourth-order valence-corrected chi connectivity index (χ4v) is 8.99. The second-order valence-corrected chi connectivity index (χ2v) is 15.8.